The van der Waals surface area contributed by atoms with Gasteiger partial charge < -0.3 is 44.3 Å². The van der Waals surface area contributed by atoms with Gasteiger partial charge in [-0.25, -0.2) is 4.79 Å². The number of esters is 1. The number of nitrogens with one attached hydrogen (secondary N) is 1. The monoisotopic (exact) mass is 844 g/mol. The highest BCUT2D eigenvalue weighted by molar-refractivity contribution is 6.04. The second kappa shape index (κ2) is 19.1. The topological polar surface area (TPSA) is 182 Å². The molecular weight excluding hydrogens is 771 g/mol. The van der Waals surface area contributed by atoms with Gasteiger partial charge in [0, 0.05) is 62.4 Å². The number of methoxy groups -OCH3 is 1. The average Bonchev–Trinajstić information content (AvgIpc) is 3.78. The zero-order chi connectivity index (χ0) is 44.5. The summed E-state index contributed by atoms with van der Waals surface area (Å²) in [7, 11) is 5.26. The summed E-state index contributed by atoms with van der Waals surface area (Å²) in [6, 6.07) is 7.01. The Morgan fingerprint density at radius 1 is 1.02 bits per heavy atom. The number of rotatable bonds is 11. The Morgan fingerprint density at radius 3 is 2.33 bits per heavy atom. The zero-order valence-corrected chi connectivity index (χ0v) is 38.1. The molecule has 0 radical (unpaired) electrons. The van der Waals surface area contributed by atoms with Gasteiger partial charge in [-0.2, -0.15) is 0 Å². The van der Waals surface area contributed by atoms with Crippen LogP contribution in [-0.2, 0) is 38.1 Å². The molecule has 1 unspecified atom stereocenters. The Kier molecular flexibility index (Phi) is 15.2. The van der Waals surface area contributed by atoms with Crippen LogP contribution in [0.1, 0.15) is 106 Å². The summed E-state index contributed by atoms with van der Waals surface area (Å²) in [6.07, 6.45) is -2.64. The molecule has 1 amide bonds. The van der Waals surface area contributed by atoms with E-state index in [0.29, 0.717) is 19.4 Å². The van der Waals surface area contributed by atoms with Crippen LogP contribution in [-0.4, -0.2) is 145 Å². The standard InChI is InChI=1S/C45H73N5O10/c1-13-34-45(9)37(50(42(55)60-45)20-15-14-19-49-24-32(47-25-49)30-17-16-18-31(46)22-30)28(4)35(51)26(2)23-44(8,56-12)39(29(5)38(53)43(6,7)41(54)58-34)59-40-36(52)33(48(10)11)21-27(3)57-40/h16-18,22,26-29,32-34,36-37,39-40,47,52H,13-15,19-21,23-25,46H2,1-12H3/t26-,27-,28+,29+,32?,33+,34-,36-,37-,39-,40+,44-,45-/m1/s1. The Morgan fingerprint density at radius 2 is 1.70 bits per heavy atom. The minimum Gasteiger partial charge on any atom is -0.457 e. The molecule has 0 spiro atoms. The smallest absolute Gasteiger partial charge is 0.410 e. The van der Waals surface area contributed by atoms with Gasteiger partial charge in [0.1, 0.15) is 23.4 Å². The first kappa shape index (κ1) is 47.9. The molecule has 338 valence electrons. The van der Waals surface area contributed by atoms with Crippen LogP contribution in [0.15, 0.2) is 24.3 Å². The van der Waals surface area contributed by atoms with Crippen LogP contribution in [0.3, 0.4) is 0 Å². The number of aliphatic hydroxyl groups excluding tert-OH is 1. The van der Waals surface area contributed by atoms with E-state index in [9.17, 15) is 24.3 Å². The van der Waals surface area contributed by atoms with E-state index in [4.69, 9.17) is 29.4 Å². The van der Waals surface area contributed by atoms with Crippen molar-refractivity contribution in [2.45, 2.75) is 154 Å². The second-order valence-electron chi connectivity index (χ2n) is 19.1. The van der Waals surface area contributed by atoms with Crippen LogP contribution in [0.25, 0.3) is 0 Å². The normalized spacial score (nSPS) is 38.4. The number of nitrogen functional groups attached to an aromatic ring is 1. The number of nitrogens with zero attached hydrogens (tertiary/aromatic N) is 3. The zero-order valence-electron chi connectivity index (χ0n) is 38.1. The lowest BCUT2D eigenvalue weighted by molar-refractivity contribution is -0.295. The number of amides is 1. The van der Waals surface area contributed by atoms with Crippen molar-refractivity contribution in [2.24, 2.45) is 23.2 Å². The quantitative estimate of drug-likeness (QED) is 0.122. The molecule has 0 bridgehead atoms. The maximum Gasteiger partial charge on any atom is 0.410 e. The first-order valence-electron chi connectivity index (χ1n) is 21.9. The van der Waals surface area contributed by atoms with Crippen LogP contribution < -0.4 is 11.1 Å². The van der Waals surface area contributed by atoms with Gasteiger partial charge in [-0.05, 0) is 105 Å². The number of benzene rings is 1. The number of carbonyl (C=O) groups excluding carboxylic acids is 4. The molecule has 0 saturated carbocycles. The van der Waals surface area contributed by atoms with Crippen molar-refractivity contribution in [1.29, 1.82) is 0 Å². The van der Waals surface area contributed by atoms with Crippen LogP contribution in [0.4, 0.5) is 10.5 Å². The maximum atomic E-state index is 14.8. The number of aliphatic hydroxyl groups is 1. The van der Waals surface area contributed by atoms with Gasteiger partial charge in [0.2, 0.25) is 0 Å². The number of ketones is 2. The van der Waals surface area contributed by atoms with Crippen molar-refractivity contribution >= 4 is 29.3 Å². The Labute approximate surface area is 357 Å². The van der Waals surface area contributed by atoms with Gasteiger partial charge in [-0.1, -0.05) is 39.8 Å². The molecule has 0 aliphatic carbocycles. The summed E-state index contributed by atoms with van der Waals surface area (Å²) in [6.45, 7) is 18.3. The Balaban J connectivity index is 1.42. The van der Waals surface area contributed by atoms with Crippen molar-refractivity contribution in [3.05, 3.63) is 29.8 Å². The SMILES string of the molecule is CC[C@H]1OC(=O)C(C)(C)C(=O)[C@H](C)[C@@H](O[C@@H]2O[C@H](C)C[C@H](N(C)C)[C@H]2O)[C@](C)(OC)C[C@@H](C)C(=O)[C@H](C)[C@H]2N(CCCCN3CNC(c4cccc(N)c4)C3)C(=O)O[C@]12C. The highest BCUT2D eigenvalue weighted by Gasteiger charge is 2.61. The number of hydrogen-bond acceptors (Lipinski definition) is 14. The van der Waals surface area contributed by atoms with Gasteiger partial charge in [0.15, 0.2) is 17.7 Å². The molecule has 60 heavy (non-hydrogen) atoms. The maximum absolute atomic E-state index is 14.8. The van der Waals surface area contributed by atoms with Gasteiger partial charge in [0.05, 0.1) is 23.9 Å². The van der Waals surface area contributed by atoms with E-state index in [2.05, 4.69) is 16.3 Å². The number of anilines is 1. The number of fused-ring (bicyclic) bond motifs is 1. The molecule has 4 N–H and O–H groups in total. The summed E-state index contributed by atoms with van der Waals surface area (Å²) in [5.41, 5.74) is 3.55. The second-order valence-corrected chi connectivity index (χ2v) is 19.1. The number of Topliss-reactive ketones (excluding diaryl/α,β-unsaturated/α-hetero) is 2. The summed E-state index contributed by atoms with van der Waals surface area (Å²) >= 11 is 0. The molecule has 15 heteroatoms. The minimum absolute atomic E-state index is 0.130. The van der Waals surface area contributed by atoms with Gasteiger partial charge in [-0.15, -0.1) is 0 Å². The van der Waals surface area contributed by atoms with E-state index < -0.39 is 82.9 Å². The van der Waals surface area contributed by atoms with E-state index in [1.807, 2.05) is 64.9 Å². The molecule has 1 aromatic carbocycles. The van der Waals surface area contributed by atoms with Gasteiger partial charge >= 0.3 is 12.1 Å². The molecule has 5 rings (SSSR count). The summed E-state index contributed by atoms with van der Waals surface area (Å²) in [5, 5.41) is 15.1. The number of ether oxygens (including phenoxy) is 5. The average molecular weight is 844 g/mol. The highest BCUT2D eigenvalue weighted by atomic mass is 16.7. The summed E-state index contributed by atoms with van der Waals surface area (Å²) in [5.74, 6) is -3.75. The van der Waals surface area contributed by atoms with Crippen LogP contribution in [0.5, 0.6) is 0 Å². The van der Waals surface area contributed by atoms with E-state index in [1.54, 1.807) is 25.7 Å². The van der Waals surface area contributed by atoms with E-state index in [0.717, 1.165) is 37.4 Å². The molecule has 4 aliphatic heterocycles. The van der Waals surface area contributed by atoms with Crippen LogP contribution >= 0.6 is 0 Å². The third-order valence-corrected chi connectivity index (χ3v) is 13.9. The molecular formula is C45H73N5O10. The molecule has 1 aromatic rings. The number of likely N-dealkylation sites (N-methyl/N-ethyl adjacent to an activating group) is 1. The van der Waals surface area contributed by atoms with Crippen molar-refractivity contribution < 1.29 is 48.0 Å². The first-order chi connectivity index (χ1) is 28.1. The molecule has 13 atom stereocenters. The fourth-order valence-corrected chi connectivity index (χ4v) is 10.3. The van der Waals surface area contributed by atoms with Crippen molar-refractivity contribution in [3.8, 4) is 0 Å². The minimum atomic E-state index is -1.67. The van der Waals surface area contributed by atoms with Crippen LogP contribution in [0.2, 0.25) is 0 Å². The van der Waals surface area contributed by atoms with E-state index in [1.165, 1.54) is 21.0 Å². The third kappa shape index (κ3) is 9.72. The lowest BCUT2D eigenvalue weighted by Crippen LogP contribution is -2.61. The fraction of sp³-hybridized carbons (Fsp3) is 0.778. The number of carbonyl (C=O) groups is 4. The molecule has 15 nitrogen and oxygen atoms in total. The summed E-state index contributed by atoms with van der Waals surface area (Å²) < 4.78 is 31.5. The number of nitrogens with two attached hydrogens (primary N) is 1. The number of unbranched alkanes of at least 4 members (excludes halogenated alkanes) is 1. The Hall–Kier alpha value is -3.18. The molecule has 4 aliphatic rings. The van der Waals surface area contributed by atoms with Crippen molar-refractivity contribution in [2.75, 3.05) is 53.2 Å². The van der Waals surface area contributed by atoms with Crippen LogP contribution in [0, 0.1) is 23.2 Å². The van der Waals surface area contributed by atoms with Gasteiger partial charge in [0.25, 0.3) is 0 Å². The lowest BCUT2D eigenvalue weighted by Gasteiger charge is -2.47. The molecule has 4 saturated heterocycles. The lowest BCUT2D eigenvalue weighted by atomic mass is 9.71. The first-order valence-corrected chi connectivity index (χ1v) is 21.9. The third-order valence-electron chi connectivity index (χ3n) is 13.9. The predicted octanol–water partition coefficient (Wildman–Crippen LogP) is 4.55. The predicted molar refractivity (Wildman–Crippen MR) is 227 cm³/mol. The molecule has 4 heterocycles. The number of hydrogen-bond donors (Lipinski definition) is 3. The van der Waals surface area contributed by atoms with Gasteiger partial charge in [-0.3, -0.25) is 24.6 Å². The number of cyclic esters (lactones) is 1. The Bertz CT molecular complexity index is 1690. The highest BCUT2D eigenvalue weighted by Crippen LogP contribution is 2.44. The largest absolute Gasteiger partial charge is 0.457 e. The van der Waals surface area contributed by atoms with E-state index in [-0.39, 0.29) is 36.8 Å². The fourth-order valence-electron chi connectivity index (χ4n) is 10.3. The molecule has 4 fully saturated rings. The van der Waals surface area contributed by atoms with E-state index >= 15 is 0 Å². The molecule has 0 aromatic heterocycles. The van der Waals surface area contributed by atoms with Crippen molar-refractivity contribution in [3.63, 3.8) is 0 Å². The summed E-state index contributed by atoms with van der Waals surface area (Å²) in [4.78, 5) is 63.6. The van der Waals surface area contributed by atoms with Crippen molar-refractivity contribution in [1.82, 2.24) is 20.0 Å².